The van der Waals surface area contributed by atoms with E-state index >= 15 is 0 Å². The Bertz CT molecular complexity index is 560. The van der Waals surface area contributed by atoms with E-state index in [0.717, 1.165) is 0 Å². The van der Waals surface area contributed by atoms with E-state index in [0.29, 0.717) is 17.8 Å². The van der Waals surface area contributed by atoms with Crippen molar-refractivity contribution in [3.05, 3.63) is 59.2 Å². The first kappa shape index (κ1) is 15.8. The molecule has 0 heterocycles. The Morgan fingerprint density at radius 3 is 1.57 bits per heavy atom. The zero-order valence-corrected chi connectivity index (χ0v) is 14.2. The SMILES string of the molecule is CC(C)c1cc(C(C)C)c(-c2cc[c]cc2)c(C(C)C)c1. The minimum atomic E-state index is 0.528. The molecule has 0 bridgehead atoms. The molecule has 0 saturated heterocycles. The lowest BCUT2D eigenvalue weighted by molar-refractivity contribution is 0.807. The molecule has 21 heavy (non-hydrogen) atoms. The van der Waals surface area contributed by atoms with Gasteiger partial charge in [0.15, 0.2) is 0 Å². The van der Waals surface area contributed by atoms with Crippen molar-refractivity contribution in [1.82, 2.24) is 0 Å². The molecule has 111 valence electrons. The first-order valence-corrected chi connectivity index (χ1v) is 8.06. The third kappa shape index (κ3) is 3.37. The highest BCUT2D eigenvalue weighted by Crippen LogP contribution is 2.38. The van der Waals surface area contributed by atoms with Gasteiger partial charge >= 0.3 is 0 Å². The van der Waals surface area contributed by atoms with Crippen LogP contribution in [0, 0.1) is 6.07 Å². The summed E-state index contributed by atoms with van der Waals surface area (Å²) in [6.07, 6.45) is 0. The molecule has 2 aromatic carbocycles. The lowest BCUT2D eigenvalue weighted by Crippen LogP contribution is -2.03. The zero-order chi connectivity index (χ0) is 15.6. The fraction of sp³-hybridized carbons (Fsp3) is 0.429. The average molecular weight is 279 g/mol. The number of benzene rings is 2. The van der Waals surface area contributed by atoms with E-state index in [9.17, 15) is 0 Å². The van der Waals surface area contributed by atoms with Gasteiger partial charge in [0.2, 0.25) is 0 Å². The summed E-state index contributed by atoms with van der Waals surface area (Å²) in [4.78, 5) is 0. The largest absolute Gasteiger partial charge is 0.0587 e. The molecule has 0 aliphatic rings. The predicted octanol–water partition coefficient (Wildman–Crippen LogP) is 6.52. The Labute approximate surface area is 130 Å². The summed E-state index contributed by atoms with van der Waals surface area (Å²) in [6.45, 7) is 13.7. The molecule has 0 spiro atoms. The van der Waals surface area contributed by atoms with Crippen LogP contribution in [-0.2, 0) is 0 Å². The summed E-state index contributed by atoms with van der Waals surface area (Å²) >= 11 is 0. The van der Waals surface area contributed by atoms with Gasteiger partial charge in [0.1, 0.15) is 0 Å². The van der Waals surface area contributed by atoms with E-state index in [1.807, 2.05) is 12.1 Å². The van der Waals surface area contributed by atoms with Crippen LogP contribution in [0.3, 0.4) is 0 Å². The molecule has 0 nitrogen and oxygen atoms in total. The quantitative estimate of drug-likeness (QED) is 0.597. The minimum absolute atomic E-state index is 0.528. The van der Waals surface area contributed by atoms with Crippen molar-refractivity contribution < 1.29 is 0 Å². The van der Waals surface area contributed by atoms with Gasteiger partial charge in [0.05, 0.1) is 0 Å². The van der Waals surface area contributed by atoms with Crippen molar-refractivity contribution in [3.63, 3.8) is 0 Å². The molecule has 0 N–H and O–H groups in total. The van der Waals surface area contributed by atoms with Crippen LogP contribution in [0.5, 0.6) is 0 Å². The molecule has 0 fully saturated rings. The number of hydrogen-bond acceptors (Lipinski definition) is 0. The predicted molar refractivity (Wildman–Crippen MR) is 93.0 cm³/mol. The molecule has 0 saturated carbocycles. The average Bonchev–Trinajstić information content (AvgIpc) is 2.46. The Morgan fingerprint density at radius 2 is 1.19 bits per heavy atom. The van der Waals surface area contributed by atoms with Crippen LogP contribution >= 0.6 is 0 Å². The maximum absolute atomic E-state index is 3.13. The second-order valence-corrected chi connectivity index (χ2v) is 6.83. The van der Waals surface area contributed by atoms with Gasteiger partial charge in [0.25, 0.3) is 0 Å². The first-order valence-electron chi connectivity index (χ1n) is 8.06. The summed E-state index contributed by atoms with van der Waals surface area (Å²) in [7, 11) is 0. The third-order valence-electron chi connectivity index (χ3n) is 4.14. The van der Waals surface area contributed by atoms with Crippen LogP contribution < -0.4 is 0 Å². The molecule has 0 aromatic heterocycles. The van der Waals surface area contributed by atoms with E-state index in [-0.39, 0.29) is 0 Å². The molecule has 0 atom stereocenters. The smallest absolute Gasteiger partial charge is 0.0114 e. The Kier molecular flexibility index (Phi) is 4.88. The third-order valence-corrected chi connectivity index (χ3v) is 4.14. The molecule has 0 unspecified atom stereocenters. The highest BCUT2D eigenvalue weighted by molar-refractivity contribution is 5.73. The molecule has 2 rings (SSSR count). The van der Waals surface area contributed by atoms with E-state index in [1.165, 1.54) is 27.8 Å². The van der Waals surface area contributed by atoms with Gasteiger partial charge in [-0.2, -0.15) is 0 Å². The van der Waals surface area contributed by atoms with Crippen LogP contribution in [0.2, 0.25) is 0 Å². The first-order chi connectivity index (χ1) is 9.91. The lowest BCUT2D eigenvalue weighted by atomic mass is 9.82. The summed E-state index contributed by atoms with van der Waals surface area (Å²) in [5.41, 5.74) is 7.13. The fourth-order valence-electron chi connectivity index (χ4n) is 2.84. The molecule has 0 aliphatic heterocycles. The fourth-order valence-corrected chi connectivity index (χ4v) is 2.84. The van der Waals surface area contributed by atoms with Crippen molar-refractivity contribution in [2.75, 3.05) is 0 Å². The second-order valence-electron chi connectivity index (χ2n) is 6.83. The van der Waals surface area contributed by atoms with E-state index in [4.69, 9.17) is 0 Å². The monoisotopic (exact) mass is 279 g/mol. The van der Waals surface area contributed by atoms with Crippen molar-refractivity contribution in [3.8, 4) is 11.1 Å². The van der Waals surface area contributed by atoms with Gasteiger partial charge in [0, 0.05) is 0 Å². The minimum Gasteiger partial charge on any atom is -0.0587 e. The number of rotatable bonds is 4. The molecule has 0 aliphatic carbocycles. The standard InChI is InChI=1S/C21H27/c1-14(2)18-12-19(15(3)4)21(20(13-18)16(5)6)17-10-8-7-9-11-17/h8-16H,1-6H3. The normalized spacial score (nSPS) is 11.7. The maximum Gasteiger partial charge on any atom is -0.0114 e. The van der Waals surface area contributed by atoms with E-state index in [1.54, 1.807) is 0 Å². The van der Waals surface area contributed by atoms with Crippen LogP contribution in [0.1, 0.15) is 76.0 Å². The van der Waals surface area contributed by atoms with Crippen LogP contribution in [-0.4, -0.2) is 0 Å². The Balaban J connectivity index is 2.77. The van der Waals surface area contributed by atoms with Crippen molar-refractivity contribution in [1.29, 1.82) is 0 Å². The van der Waals surface area contributed by atoms with Gasteiger partial charge in [-0.05, 0) is 51.6 Å². The number of hydrogen-bond donors (Lipinski definition) is 0. The summed E-state index contributed by atoms with van der Waals surface area (Å²) in [6, 6.07) is 16.3. The maximum atomic E-state index is 3.13. The molecule has 0 amide bonds. The second kappa shape index (κ2) is 6.47. The Morgan fingerprint density at radius 1 is 0.714 bits per heavy atom. The molecule has 2 aromatic rings. The molecule has 1 radical (unpaired) electrons. The highest BCUT2D eigenvalue weighted by Gasteiger charge is 2.18. The molecular weight excluding hydrogens is 252 g/mol. The topological polar surface area (TPSA) is 0 Å². The van der Waals surface area contributed by atoms with Gasteiger partial charge in [-0.1, -0.05) is 77.9 Å². The summed E-state index contributed by atoms with van der Waals surface area (Å²) in [5, 5.41) is 0. The van der Waals surface area contributed by atoms with E-state index in [2.05, 4.69) is 71.9 Å². The summed E-state index contributed by atoms with van der Waals surface area (Å²) in [5.74, 6) is 1.62. The van der Waals surface area contributed by atoms with Gasteiger partial charge in [-0.25, -0.2) is 0 Å². The molecular formula is C21H27. The Hall–Kier alpha value is -1.56. The van der Waals surface area contributed by atoms with Crippen molar-refractivity contribution >= 4 is 0 Å². The van der Waals surface area contributed by atoms with Crippen LogP contribution in [0.4, 0.5) is 0 Å². The van der Waals surface area contributed by atoms with Crippen molar-refractivity contribution in [2.45, 2.75) is 59.3 Å². The van der Waals surface area contributed by atoms with Crippen LogP contribution in [0.15, 0.2) is 36.4 Å². The van der Waals surface area contributed by atoms with Crippen LogP contribution in [0.25, 0.3) is 11.1 Å². The van der Waals surface area contributed by atoms with Gasteiger partial charge in [-0.15, -0.1) is 0 Å². The van der Waals surface area contributed by atoms with Gasteiger partial charge < -0.3 is 0 Å². The lowest BCUT2D eigenvalue weighted by Gasteiger charge is -2.23. The molecule has 0 heteroatoms. The highest BCUT2D eigenvalue weighted by atomic mass is 14.2. The van der Waals surface area contributed by atoms with E-state index < -0.39 is 0 Å². The zero-order valence-electron chi connectivity index (χ0n) is 14.2. The summed E-state index contributed by atoms with van der Waals surface area (Å²) < 4.78 is 0. The van der Waals surface area contributed by atoms with Gasteiger partial charge in [-0.3, -0.25) is 0 Å². The van der Waals surface area contributed by atoms with Crippen molar-refractivity contribution in [2.24, 2.45) is 0 Å².